The van der Waals surface area contributed by atoms with Crippen molar-refractivity contribution in [1.29, 1.82) is 0 Å². The SMILES string of the molecule is CO[C@@H](C(=O)N1Cc2cncnc2C1)c1ccccc1. The van der Waals surface area contributed by atoms with Gasteiger partial charge in [0.1, 0.15) is 6.33 Å². The van der Waals surface area contributed by atoms with E-state index in [0.29, 0.717) is 13.1 Å². The fraction of sp³-hybridized carbons (Fsp3) is 0.267. The number of methoxy groups -OCH3 is 1. The summed E-state index contributed by atoms with van der Waals surface area (Å²) in [7, 11) is 1.55. The molecule has 1 atom stereocenters. The molecule has 1 amide bonds. The molecule has 0 saturated heterocycles. The Kier molecular flexibility index (Phi) is 3.43. The average Bonchev–Trinajstić information content (AvgIpc) is 2.93. The van der Waals surface area contributed by atoms with Gasteiger partial charge in [0, 0.05) is 25.4 Å². The lowest BCUT2D eigenvalue weighted by atomic mass is 10.1. The Morgan fingerprint density at radius 1 is 1.30 bits per heavy atom. The van der Waals surface area contributed by atoms with Gasteiger partial charge in [-0.05, 0) is 5.56 Å². The second-order valence-electron chi connectivity index (χ2n) is 4.72. The fourth-order valence-corrected chi connectivity index (χ4v) is 2.43. The van der Waals surface area contributed by atoms with Crippen LogP contribution in [-0.4, -0.2) is 27.9 Å². The third-order valence-electron chi connectivity index (χ3n) is 3.46. The van der Waals surface area contributed by atoms with Crippen LogP contribution in [0.1, 0.15) is 22.9 Å². The molecular weight excluding hydrogens is 254 g/mol. The minimum Gasteiger partial charge on any atom is -0.367 e. The zero-order valence-corrected chi connectivity index (χ0v) is 11.2. The highest BCUT2D eigenvalue weighted by atomic mass is 16.5. The number of nitrogens with zero attached hydrogens (tertiary/aromatic N) is 3. The quantitative estimate of drug-likeness (QED) is 0.851. The zero-order chi connectivity index (χ0) is 13.9. The van der Waals surface area contributed by atoms with Crippen LogP contribution in [0.3, 0.4) is 0 Å². The minimum atomic E-state index is -0.571. The first kappa shape index (κ1) is 12.7. The Morgan fingerprint density at radius 3 is 2.80 bits per heavy atom. The summed E-state index contributed by atoms with van der Waals surface area (Å²) < 4.78 is 5.38. The van der Waals surface area contributed by atoms with Crippen molar-refractivity contribution in [3.05, 3.63) is 59.7 Å². The molecule has 0 unspecified atom stereocenters. The van der Waals surface area contributed by atoms with Gasteiger partial charge in [0.2, 0.25) is 0 Å². The van der Waals surface area contributed by atoms with Crippen LogP contribution in [0.4, 0.5) is 0 Å². The van der Waals surface area contributed by atoms with Gasteiger partial charge < -0.3 is 9.64 Å². The summed E-state index contributed by atoms with van der Waals surface area (Å²) in [6.45, 7) is 1.06. The lowest BCUT2D eigenvalue weighted by Crippen LogP contribution is -2.31. The summed E-state index contributed by atoms with van der Waals surface area (Å²) in [5, 5.41) is 0. The lowest BCUT2D eigenvalue weighted by molar-refractivity contribution is -0.143. The van der Waals surface area contributed by atoms with Crippen molar-refractivity contribution < 1.29 is 9.53 Å². The molecule has 1 aromatic heterocycles. The molecule has 1 aromatic carbocycles. The van der Waals surface area contributed by atoms with Gasteiger partial charge in [-0.2, -0.15) is 0 Å². The van der Waals surface area contributed by atoms with Crippen LogP contribution in [0.25, 0.3) is 0 Å². The van der Waals surface area contributed by atoms with Crippen molar-refractivity contribution in [3.63, 3.8) is 0 Å². The summed E-state index contributed by atoms with van der Waals surface area (Å²) in [4.78, 5) is 22.5. The van der Waals surface area contributed by atoms with Crippen molar-refractivity contribution >= 4 is 5.91 Å². The highest BCUT2D eigenvalue weighted by molar-refractivity contribution is 5.82. The monoisotopic (exact) mass is 269 g/mol. The topological polar surface area (TPSA) is 55.3 Å². The standard InChI is InChI=1S/C15H15N3O2/c1-20-14(11-5-3-2-4-6-11)15(19)18-8-12-7-16-10-17-13(12)9-18/h2-7,10,14H,8-9H2,1H3/t14-/m1/s1. The van der Waals surface area contributed by atoms with Gasteiger partial charge in [-0.15, -0.1) is 0 Å². The Morgan fingerprint density at radius 2 is 2.10 bits per heavy atom. The van der Waals surface area contributed by atoms with Crippen LogP contribution in [0.15, 0.2) is 42.9 Å². The average molecular weight is 269 g/mol. The van der Waals surface area contributed by atoms with Gasteiger partial charge in [-0.1, -0.05) is 30.3 Å². The summed E-state index contributed by atoms with van der Waals surface area (Å²) >= 11 is 0. The molecule has 0 radical (unpaired) electrons. The first-order chi connectivity index (χ1) is 9.79. The number of fused-ring (bicyclic) bond motifs is 1. The summed E-state index contributed by atoms with van der Waals surface area (Å²) in [6.07, 6.45) is 2.70. The van der Waals surface area contributed by atoms with E-state index in [1.54, 1.807) is 18.2 Å². The van der Waals surface area contributed by atoms with Gasteiger partial charge in [0.05, 0.1) is 12.2 Å². The Labute approximate surface area is 117 Å². The molecule has 0 spiro atoms. The van der Waals surface area contributed by atoms with E-state index in [9.17, 15) is 4.79 Å². The first-order valence-corrected chi connectivity index (χ1v) is 6.44. The van der Waals surface area contributed by atoms with E-state index in [-0.39, 0.29) is 5.91 Å². The number of hydrogen-bond acceptors (Lipinski definition) is 4. The van der Waals surface area contributed by atoms with E-state index in [2.05, 4.69) is 9.97 Å². The van der Waals surface area contributed by atoms with Crippen molar-refractivity contribution in [2.45, 2.75) is 19.2 Å². The molecule has 3 rings (SSSR count). The van der Waals surface area contributed by atoms with Crippen LogP contribution < -0.4 is 0 Å². The van der Waals surface area contributed by atoms with Gasteiger partial charge in [0.25, 0.3) is 5.91 Å². The van der Waals surface area contributed by atoms with Crippen LogP contribution >= 0.6 is 0 Å². The van der Waals surface area contributed by atoms with Crippen LogP contribution in [-0.2, 0) is 22.6 Å². The molecule has 0 bridgehead atoms. The number of ether oxygens (including phenoxy) is 1. The number of rotatable bonds is 3. The molecule has 20 heavy (non-hydrogen) atoms. The predicted molar refractivity (Wildman–Crippen MR) is 72.5 cm³/mol. The maximum Gasteiger partial charge on any atom is 0.256 e. The van der Waals surface area contributed by atoms with E-state index in [0.717, 1.165) is 16.8 Å². The van der Waals surface area contributed by atoms with E-state index >= 15 is 0 Å². The van der Waals surface area contributed by atoms with E-state index in [4.69, 9.17) is 4.74 Å². The zero-order valence-electron chi connectivity index (χ0n) is 11.2. The summed E-state index contributed by atoms with van der Waals surface area (Å²) in [5.41, 5.74) is 2.78. The molecule has 0 N–H and O–H groups in total. The molecule has 102 valence electrons. The number of aromatic nitrogens is 2. The summed E-state index contributed by atoms with van der Waals surface area (Å²) in [6, 6.07) is 9.52. The van der Waals surface area contributed by atoms with Gasteiger partial charge in [-0.3, -0.25) is 4.79 Å². The molecule has 5 nitrogen and oxygen atoms in total. The second-order valence-corrected chi connectivity index (χ2v) is 4.72. The number of carbonyl (C=O) groups excluding carboxylic acids is 1. The number of amides is 1. The molecule has 2 heterocycles. The number of benzene rings is 1. The van der Waals surface area contributed by atoms with Crippen molar-refractivity contribution in [2.75, 3.05) is 7.11 Å². The minimum absolute atomic E-state index is 0.0447. The lowest BCUT2D eigenvalue weighted by Gasteiger charge is -2.22. The van der Waals surface area contributed by atoms with Crippen LogP contribution in [0, 0.1) is 0 Å². The first-order valence-electron chi connectivity index (χ1n) is 6.44. The molecule has 0 fully saturated rings. The van der Waals surface area contributed by atoms with E-state index in [1.807, 2.05) is 30.3 Å². The second kappa shape index (κ2) is 5.38. The fourth-order valence-electron chi connectivity index (χ4n) is 2.43. The molecule has 0 saturated carbocycles. The van der Waals surface area contributed by atoms with Crippen molar-refractivity contribution in [1.82, 2.24) is 14.9 Å². The molecule has 1 aliphatic rings. The normalized spacial score (nSPS) is 14.9. The molecule has 1 aliphatic heterocycles. The van der Waals surface area contributed by atoms with Gasteiger partial charge >= 0.3 is 0 Å². The molecule has 0 aliphatic carbocycles. The third kappa shape index (κ3) is 2.28. The van der Waals surface area contributed by atoms with Crippen LogP contribution in [0.2, 0.25) is 0 Å². The van der Waals surface area contributed by atoms with Gasteiger partial charge in [0.15, 0.2) is 6.10 Å². The Hall–Kier alpha value is -2.27. The molecule has 5 heteroatoms. The van der Waals surface area contributed by atoms with Gasteiger partial charge in [-0.25, -0.2) is 9.97 Å². The Bertz CT molecular complexity index is 591. The number of hydrogen-bond donors (Lipinski definition) is 0. The number of carbonyl (C=O) groups is 1. The maximum atomic E-state index is 12.6. The maximum absolute atomic E-state index is 12.6. The van der Waals surface area contributed by atoms with E-state index in [1.165, 1.54) is 6.33 Å². The molecule has 2 aromatic rings. The summed E-state index contributed by atoms with van der Waals surface area (Å²) in [5.74, 6) is -0.0447. The predicted octanol–water partition coefficient (Wildman–Crippen LogP) is 1.71. The Balaban J connectivity index is 1.80. The van der Waals surface area contributed by atoms with E-state index < -0.39 is 6.10 Å². The smallest absolute Gasteiger partial charge is 0.256 e. The highest BCUT2D eigenvalue weighted by Gasteiger charge is 2.30. The van der Waals surface area contributed by atoms with Crippen molar-refractivity contribution in [3.8, 4) is 0 Å². The van der Waals surface area contributed by atoms with Crippen LogP contribution in [0.5, 0.6) is 0 Å². The highest BCUT2D eigenvalue weighted by Crippen LogP contribution is 2.25. The molecular formula is C15H15N3O2. The largest absolute Gasteiger partial charge is 0.367 e. The third-order valence-corrected chi connectivity index (χ3v) is 3.46. The van der Waals surface area contributed by atoms with Crippen molar-refractivity contribution in [2.24, 2.45) is 0 Å².